The monoisotopic (exact) mass is 393 g/mol. The molecule has 8 heteroatoms. The lowest BCUT2D eigenvalue weighted by molar-refractivity contribution is -0.139. The van der Waals surface area contributed by atoms with Gasteiger partial charge in [0, 0.05) is 28.3 Å². The van der Waals surface area contributed by atoms with Crippen molar-refractivity contribution >= 4 is 46.5 Å². The summed E-state index contributed by atoms with van der Waals surface area (Å²) < 4.78 is 0. The smallest absolute Gasteiger partial charge is 0.327 e. The number of carboxylic acid groups (broad SMARTS) is 1. The Hall–Kier alpha value is -2.28. The minimum Gasteiger partial charge on any atom is -0.480 e. The molecular weight excluding hydrogens is 377 g/mol. The topological polar surface area (TPSA) is 81.7 Å². The number of aliphatic carboxylic acids is 1. The van der Waals surface area contributed by atoms with Gasteiger partial charge >= 0.3 is 5.97 Å². The molecule has 1 aliphatic rings. The Kier molecular flexibility index (Phi) is 5.36. The van der Waals surface area contributed by atoms with Crippen LogP contribution in [0.1, 0.15) is 17.9 Å². The molecule has 1 amide bonds. The number of fused-ring (bicyclic) bond motifs is 1. The molecule has 1 heterocycles. The highest BCUT2D eigenvalue weighted by Crippen LogP contribution is 2.43. The molecule has 3 N–H and O–H groups in total. The lowest BCUT2D eigenvalue weighted by atomic mass is 9.85. The number of hydrazine groups is 1. The first-order valence-electron chi connectivity index (χ1n) is 7.96. The number of nitrogens with zero attached hydrogens (tertiary/aromatic N) is 1. The minimum absolute atomic E-state index is 0.0726. The summed E-state index contributed by atoms with van der Waals surface area (Å²) in [4.78, 5) is 24.6. The molecule has 136 valence electrons. The molecule has 0 aliphatic carbocycles. The van der Waals surface area contributed by atoms with Crippen LogP contribution >= 0.6 is 23.2 Å². The first-order chi connectivity index (χ1) is 12.4. The summed E-state index contributed by atoms with van der Waals surface area (Å²) in [5.41, 5.74) is 4.53. The number of para-hydroxylation sites is 1. The number of carboxylic acids is 1. The second kappa shape index (κ2) is 7.53. The molecule has 2 aromatic carbocycles. The van der Waals surface area contributed by atoms with Crippen molar-refractivity contribution in [2.45, 2.75) is 18.4 Å². The van der Waals surface area contributed by atoms with Crippen molar-refractivity contribution in [3.8, 4) is 0 Å². The molecule has 0 saturated carbocycles. The first-order valence-corrected chi connectivity index (χ1v) is 8.72. The van der Waals surface area contributed by atoms with Crippen molar-refractivity contribution in [2.24, 2.45) is 0 Å². The predicted octanol–water partition coefficient (Wildman–Crippen LogP) is 3.51. The number of anilines is 2. The van der Waals surface area contributed by atoms with Crippen molar-refractivity contribution < 1.29 is 14.7 Å². The van der Waals surface area contributed by atoms with Crippen LogP contribution in [-0.4, -0.2) is 30.1 Å². The van der Waals surface area contributed by atoms with Gasteiger partial charge < -0.3 is 10.4 Å². The molecule has 6 nitrogen and oxygen atoms in total. The zero-order valence-corrected chi connectivity index (χ0v) is 15.4. The Morgan fingerprint density at radius 1 is 1.19 bits per heavy atom. The summed E-state index contributed by atoms with van der Waals surface area (Å²) >= 11 is 12.5. The Bertz CT molecular complexity index is 845. The van der Waals surface area contributed by atoms with Gasteiger partial charge in [0.2, 0.25) is 5.91 Å². The Morgan fingerprint density at radius 2 is 1.88 bits per heavy atom. The normalized spacial score (nSPS) is 19.0. The van der Waals surface area contributed by atoms with Crippen molar-refractivity contribution in [3.05, 3.63) is 58.1 Å². The fourth-order valence-electron chi connectivity index (χ4n) is 3.21. The van der Waals surface area contributed by atoms with Crippen LogP contribution in [0.4, 0.5) is 11.4 Å². The third-order valence-electron chi connectivity index (χ3n) is 4.33. The summed E-state index contributed by atoms with van der Waals surface area (Å²) in [6.07, 6.45) is 0.0726. The zero-order chi connectivity index (χ0) is 18.8. The van der Waals surface area contributed by atoms with Crippen molar-refractivity contribution in [2.75, 3.05) is 17.4 Å². The van der Waals surface area contributed by atoms with Gasteiger partial charge in [-0.2, -0.15) is 0 Å². The highest BCUT2D eigenvalue weighted by Gasteiger charge is 2.41. The first kappa shape index (κ1) is 18.5. The van der Waals surface area contributed by atoms with E-state index < -0.39 is 17.9 Å². The SMILES string of the molecule is CNN1c2cc(Cl)cc(Cl)c2[C@@H](C(=O)Nc2ccccc2)C[C@@H]1C(=O)O. The van der Waals surface area contributed by atoms with Gasteiger partial charge in [0.05, 0.1) is 11.6 Å². The maximum absolute atomic E-state index is 12.9. The molecule has 0 bridgehead atoms. The van der Waals surface area contributed by atoms with Crippen molar-refractivity contribution in [1.29, 1.82) is 0 Å². The van der Waals surface area contributed by atoms with Gasteiger partial charge in [-0.05, 0) is 30.7 Å². The standard InChI is InChI=1S/C18H17Cl2N3O3/c1-21-23-14-8-10(19)7-13(20)16(14)12(9-15(23)18(25)26)17(24)22-11-5-3-2-4-6-11/h2-8,12,15,21H,9H2,1H3,(H,22,24)(H,25,26)/t12-,15+/m0/s1. The predicted molar refractivity (Wildman–Crippen MR) is 102 cm³/mol. The number of nitrogens with one attached hydrogen (secondary N) is 2. The van der Waals surface area contributed by atoms with Crippen LogP contribution in [0, 0.1) is 0 Å². The van der Waals surface area contributed by atoms with Gasteiger partial charge in [-0.3, -0.25) is 9.80 Å². The van der Waals surface area contributed by atoms with Crippen LogP contribution in [0.3, 0.4) is 0 Å². The molecule has 0 radical (unpaired) electrons. The number of benzene rings is 2. The molecule has 0 unspecified atom stereocenters. The highest BCUT2D eigenvalue weighted by molar-refractivity contribution is 6.36. The third-order valence-corrected chi connectivity index (χ3v) is 4.87. The Morgan fingerprint density at radius 3 is 2.50 bits per heavy atom. The molecular formula is C18H17Cl2N3O3. The van der Waals surface area contributed by atoms with E-state index in [1.807, 2.05) is 6.07 Å². The summed E-state index contributed by atoms with van der Waals surface area (Å²) in [5, 5.41) is 14.6. The second-order valence-corrected chi connectivity index (χ2v) is 6.76. The van der Waals surface area contributed by atoms with Crippen LogP contribution in [-0.2, 0) is 9.59 Å². The van der Waals surface area contributed by atoms with Crippen LogP contribution in [0.5, 0.6) is 0 Å². The second-order valence-electron chi connectivity index (χ2n) is 5.91. The third kappa shape index (κ3) is 3.49. The Balaban J connectivity index is 2.05. The van der Waals surface area contributed by atoms with Gasteiger partial charge in [-0.25, -0.2) is 10.2 Å². The maximum atomic E-state index is 12.9. The van der Waals surface area contributed by atoms with Crippen LogP contribution in [0.25, 0.3) is 0 Å². The van der Waals surface area contributed by atoms with E-state index in [9.17, 15) is 14.7 Å². The van der Waals surface area contributed by atoms with E-state index in [0.29, 0.717) is 27.0 Å². The minimum atomic E-state index is -1.04. The number of rotatable bonds is 4. The summed E-state index contributed by atoms with van der Waals surface area (Å²) in [5.74, 6) is -2.08. The zero-order valence-electron chi connectivity index (χ0n) is 13.9. The lowest BCUT2D eigenvalue weighted by Crippen LogP contribution is -2.53. The lowest BCUT2D eigenvalue weighted by Gasteiger charge is -2.39. The van der Waals surface area contributed by atoms with Gasteiger partial charge in [0.15, 0.2) is 0 Å². The fourth-order valence-corrected chi connectivity index (χ4v) is 3.82. The van der Waals surface area contributed by atoms with Crippen LogP contribution < -0.4 is 15.8 Å². The fraction of sp³-hybridized carbons (Fsp3) is 0.222. The van der Waals surface area contributed by atoms with E-state index in [2.05, 4.69) is 10.7 Å². The van der Waals surface area contributed by atoms with Gasteiger partial charge in [-0.1, -0.05) is 41.4 Å². The average molecular weight is 394 g/mol. The highest BCUT2D eigenvalue weighted by atomic mass is 35.5. The molecule has 0 spiro atoms. The number of halogens is 2. The van der Waals surface area contributed by atoms with Gasteiger partial charge in [0.25, 0.3) is 0 Å². The van der Waals surface area contributed by atoms with E-state index in [1.54, 1.807) is 43.4 Å². The number of hydrogen-bond donors (Lipinski definition) is 3. The molecule has 2 aromatic rings. The van der Waals surface area contributed by atoms with E-state index >= 15 is 0 Å². The van der Waals surface area contributed by atoms with E-state index in [4.69, 9.17) is 23.2 Å². The van der Waals surface area contributed by atoms with Crippen LogP contribution in [0.15, 0.2) is 42.5 Å². The number of hydrogen-bond acceptors (Lipinski definition) is 4. The quantitative estimate of drug-likeness (QED) is 0.740. The Labute approximate surface area is 160 Å². The largest absolute Gasteiger partial charge is 0.480 e. The number of carbonyl (C=O) groups is 2. The van der Waals surface area contributed by atoms with Crippen molar-refractivity contribution in [3.63, 3.8) is 0 Å². The maximum Gasteiger partial charge on any atom is 0.327 e. The molecule has 0 fully saturated rings. The van der Waals surface area contributed by atoms with Gasteiger partial charge in [-0.15, -0.1) is 0 Å². The van der Waals surface area contributed by atoms with E-state index in [1.165, 1.54) is 5.01 Å². The van der Waals surface area contributed by atoms with Crippen molar-refractivity contribution in [1.82, 2.24) is 5.43 Å². The molecule has 0 aromatic heterocycles. The summed E-state index contributed by atoms with van der Waals surface area (Å²) in [6.45, 7) is 0. The number of carbonyl (C=O) groups excluding carboxylic acids is 1. The van der Waals surface area contributed by atoms with E-state index in [-0.39, 0.29) is 12.3 Å². The molecule has 2 atom stereocenters. The summed E-state index contributed by atoms with van der Waals surface area (Å²) in [7, 11) is 1.61. The molecule has 26 heavy (non-hydrogen) atoms. The van der Waals surface area contributed by atoms with Crippen LogP contribution in [0.2, 0.25) is 10.0 Å². The molecule has 1 aliphatic heterocycles. The average Bonchev–Trinajstić information content (AvgIpc) is 2.60. The van der Waals surface area contributed by atoms with E-state index in [0.717, 1.165) is 0 Å². The van der Waals surface area contributed by atoms with Gasteiger partial charge in [0.1, 0.15) is 6.04 Å². The molecule has 0 saturated heterocycles. The summed E-state index contributed by atoms with van der Waals surface area (Å²) in [6, 6.07) is 11.2. The number of amides is 1. The molecule has 3 rings (SSSR count).